The molecule has 2 N–H and O–H groups in total. The zero-order valence-corrected chi connectivity index (χ0v) is 13.0. The van der Waals surface area contributed by atoms with E-state index in [0.29, 0.717) is 0 Å². The van der Waals surface area contributed by atoms with Gasteiger partial charge in [0.1, 0.15) is 0 Å². The van der Waals surface area contributed by atoms with E-state index in [1.807, 2.05) is 44.3 Å². The lowest BCUT2D eigenvalue weighted by Crippen LogP contribution is -2.17. The van der Waals surface area contributed by atoms with Crippen molar-refractivity contribution in [2.45, 2.75) is 13.3 Å². The lowest BCUT2D eigenvalue weighted by Gasteiger charge is -2.10. The standard InChI is InChI=1S/C16H19N3O.ClH/c1-12-11-14(8-10-18-12)19-16(20)15-6-4-3-5-13(15)7-9-17-2;/h3-6,8,10-11,17H,7,9H2,1-2H3,(H,18,19,20);1H. The molecule has 0 radical (unpaired) electrons. The van der Waals surface area contributed by atoms with E-state index in [1.54, 1.807) is 12.3 Å². The normalized spacial score (nSPS) is 9.81. The maximum absolute atomic E-state index is 12.4. The summed E-state index contributed by atoms with van der Waals surface area (Å²) in [5.74, 6) is -0.0812. The van der Waals surface area contributed by atoms with Crippen LogP contribution in [0.5, 0.6) is 0 Å². The Balaban J connectivity index is 0.00000220. The van der Waals surface area contributed by atoms with E-state index in [4.69, 9.17) is 0 Å². The number of aromatic nitrogens is 1. The molecule has 2 aromatic rings. The second-order valence-corrected chi connectivity index (χ2v) is 4.65. The molecule has 1 aromatic heterocycles. The Morgan fingerprint density at radius 3 is 2.71 bits per heavy atom. The van der Waals surface area contributed by atoms with E-state index in [-0.39, 0.29) is 18.3 Å². The highest BCUT2D eigenvalue weighted by Gasteiger charge is 2.10. The number of amides is 1. The summed E-state index contributed by atoms with van der Waals surface area (Å²) in [6.45, 7) is 2.75. The van der Waals surface area contributed by atoms with Crippen LogP contribution in [0.2, 0.25) is 0 Å². The number of benzene rings is 1. The predicted octanol–water partition coefficient (Wildman–Crippen LogP) is 2.83. The highest BCUT2D eigenvalue weighted by molar-refractivity contribution is 6.05. The SMILES string of the molecule is CNCCc1ccccc1C(=O)Nc1ccnc(C)c1.Cl. The zero-order valence-electron chi connectivity index (χ0n) is 12.2. The number of rotatable bonds is 5. The van der Waals surface area contributed by atoms with Gasteiger partial charge >= 0.3 is 0 Å². The molecule has 5 heteroatoms. The van der Waals surface area contributed by atoms with Crippen molar-refractivity contribution < 1.29 is 4.79 Å². The van der Waals surface area contributed by atoms with Gasteiger partial charge in [0, 0.05) is 23.1 Å². The van der Waals surface area contributed by atoms with E-state index in [1.165, 1.54) is 0 Å². The molecule has 0 aliphatic rings. The first-order valence-corrected chi connectivity index (χ1v) is 6.67. The van der Waals surface area contributed by atoms with Crippen LogP contribution in [0.15, 0.2) is 42.6 Å². The largest absolute Gasteiger partial charge is 0.322 e. The highest BCUT2D eigenvalue weighted by Crippen LogP contribution is 2.13. The Morgan fingerprint density at radius 1 is 1.24 bits per heavy atom. The number of aryl methyl sites for hydroxylation is 1. The van der Waals surface area contributed by atoms with Crippen molar-refractivity contribution in [2.24, 2.45) is 0 Å². The molecule has 0 aliphatic heterocycles. The summed E-state index contributed by atoms with van der Waals surface area (Å²) in [6, 6.07) is 11.3. The summed E-state index contributed by atoms with van der Waals surface area (Å²) in [6.07, 6.45) is 2.52. The third kappa shape index (κ3) is 4.85. The van der Waals surface area contributed by atoms with Crippen molar-refractivity contribution in [3.05, 3.63) is 59.4 Å². The van der Waals surface area contributed by atoms with E-state index >= 15 is 0 Å². The Morgan fingerprint density at radius 2 is 2.00 bits per heavy atom. The molecule has 0 saturated heterocycles. The Hall–Kier alpha value is -1.91. The summed E-state index contributed by atoms with van der Waals surface area (Å²) in [7, 11) is 1.91. The van der Waals surface area contributed by atoms with Crippen LogP contribution < -0.4 is 10.6 Å². The lowest BCUT2D eigenvalue weighted by molar-refractivity contribution is 0.102. The molecule has 21 heavy (non-hydrogen) atoms. The molecule has 0 atom stereocenters. The van der Waals surface area contributed by atoms with Crippen LogP contribution in [-0.2, 0) is 6.42 Å². The van der Waals surface area contributed by atoms with Gasteiger partial charge in [-0.25, -0.2) is 0 Å². The van der Waals surface area contributed by atoms with E-state index < -0.39 is 0 Å². The Labute approximate surface area is 131 Å². The van der Waals surface area contributed by atoms with Crippen LogP contribution in [0.1, 0.15) is 21.6 Å². The minimum absolute atomic E-state index is 0. The van der Waals surface area contributed by atoms with Gasteiger partial charge in [-0.1, -0.05) is 18.2 Å². The third-order valence-corrected chi connectivity index (χ3v) is 3.06. The molecule has 1 heterocycles. The fraction of sp³-hybridized carbons (Fsp3) is 0.250. The average Bonchev–Trinajstić information content (AvgIpc) is 2.45. The maximum Gasteiger partial charge on any atom is 0.255 e. The molecule has 0 unspecified atom stereocenters. The fourth-order valence-corrected chi connectivity index (χ4v) is 2.04. The van der Waals surface area contributed by atoms with Crippen LogP contribution in [0.25, 0.3) is 0 Å². The molecule has 112 valence electrons. The number of carbonyl (C=O) groups is 1. The highest BCUT2D eigenvalue weighted by atomic mass is 35.5. The van der Waals surface area contributed by atoms with Crippen LogP contribution >= 0.6 is 12.4 Å². The molecule has 2 rings (SSSR count). The second kappa shape index (κ2) is 8.39. The Kier molecular flexibility index (Phi) is 6.85. The molecule has 0 aliphatic carbocycles. The number of nitrogens with zero attached hydrogens (tertiary/aromatic N) is 1. The van der Waals surface area contributed by atoms with Gasteiger partial charge in [-0.15, -0.1) is 12.4 Å². The first kappa shape index (κ1) is 17.1. The molecule has 1 aromatic carbocycles. The quantitative estimate of drug-likeness (QED) is 0.893. The van der Waals surface area contributed by atoms with Crippen LogP contribution in [0.3, 0.4) is 0 Å². The fourth-order valence-electron chi connectivity index (χ4n) is 2.04. The van der Waals surface area contributed by atoms with Gasteiger partial charge in [0.05, 0.1) is 0 Å². The number of nitrogens with one attached hydrogen (secondary N) is 2. The zero-order chi connectivity index (χ0) is 14.4. The minimum atomic E-state index is -0.0812. The minimum Gasteiger partial charge on any atom is -0.322 e. The molecule has 1 amide bonds. The molecule has 0 fully saturated rings. The molecular weight excluding hydrogens is 286 g/mol. The number of anilines is 1. The van der Waals surface area contributed by atoms with Gasteiger partial charge < -0.3 is 10.6 Å². The van der Waals surface area contributed by atoms with Crippen molar-refractivity contribution in [3.8, 4) is 0 Å². The first-order valence-electron chi connectivity index (χ1n) is 6.67. The number of hydrogen-bond donors (Lipinski definition) is 2. The molecule has 4 nitrogen and oxygen atoms in total. The number of halogens is 1. The van der Waals surface area contributed by atoms with Crippen molar-refractivity contribution in [3.63, 3.8) is 0 Å². The molecular formula is C16H20ClN3O. The lowest BCUT2D eigenvalue weighted by atomic mass is 10.0. The summed E-state index contributed by atoms with van der Waals surface area (Å²) in [5.41, 5.74) is 3.42. The van der Waals surface area contributed by atoms with E-state index in [0.717, 1.165) is 35.5 Å². The van der Waals surface area contributed by atoms with Crippen LogP contribution in [0.4, 0.5) is 5.69 Å². The summed E-state index contributed by atoms with van der Waals surface area (Å²) < 4.78 is 0. The van der Waals surface area contributed by atoms with E-state index in [9.17, 15) is 4.79 Å². The van der Waals surface area contributed by atoms with Crippen molar-refractivity contribution in [2.75, 3.05) is 18.9 Å². The maximum atomic E-state index is 12.4. The molecule has 0 saturated carbocycles. The van der Waals surface area contributed by atoms with Gasteiger partial charge in [-0.2, -0.15) is 0 Å². The van der Waals surface area contributed by atoms with Crippen LogP contribution in [0, 0.1) is 6.92 Å². The summed E-state index contributed by atoms with van der Waals surface area (Å²) in [4.78, 5) is 16.5. The van der Waals surface area contributed by atoms with Crippen molar-refractivity contribution in [1.82, 2.24) is 10.3 Å². The average molecular weight is 306 g/mol. The number of pyridine rings is 1. The van der Waals surface area contributed by atoms with Gasteiger partial charge in [-0.3, -0.25) is 9.78 Å². The summed E-state index contributed by atoms with van der Waals surface area (Å²) in [5, 5.41) is 6.02. The predicted molar refractivity (Wildman–Crippen MR) is 88.2 cm³/mol. The van der Waals surface area contributed by atoms with Gasteiger partial charge in [-0.05, 0) is 50.7 Å². The first-order chi connectivity index (χ1) is 9.70. The topological polar surface area (TPSA) is 54.0 Å². The second-order valence-electron chi connectivity index (χ2n) is 4.65. The van der Waals surface area contributed by atoms with Crippen molar-refractivity contribution >= 4 is 24.0 Å². The van der Waals surface area contributed by atoms with E-state index in [2.05, 4.69) is 15.6 Å². The smallest absolute Gasteiger partial charge is 0.255 e. The monoisotopic (exact) mass is 305 g/mol. The molecule has 0 spiro atoms. The van der Waals surface area contributed by atoms with Crippen molar-refractivity contribution in [1.29, 1.82) is 0 Å². The van der Waals surface area contributed by atoms with Gasteiger partial charge in [0.15, 0.2) is 0 Å². The summed E-state index contributed by atoms with van der Waals surface area (Å²) >= 11 is 0. The molecule has 0 bridgehead atoms. The third-order valence-electron chi connectivity index (χ3n) is 3.06. The number of carbonyl (C=O) groups excluding carboxylic acids is 1. The van der Waals surface area contributed by atoms with Gasteiger partial charge in [0.2, 0.25) is 0 Å². The number of hydrogen-bond acceptors (Lipinski definition) is 3. The number of likely N-dealkylation sites (N-methyl/N-ethyl adjacent to an activating group) is 1. The Bertz CT molecular complexity index is 602. The van der Waals surface area contributed by atoms with Gasteiger partial charge in [0.25, 0.3) is 5.91 Å². The van der Waals surface area contributed by atoms with Crippen LogP contribution in [-0.4, -0.2) is 24.5 Å².